The Morgan fingerprint density at radius 2 is 2.10 bits per heavy atom. The molecule has 2 rings (SSSR count). The van der Waals surface area contributed by atoms with E-state index in [1.165, 1.54) is 0 Å². The van der Waals surface area contributed by atoms with E-state index < -0.39 is 0 Å². The molecule has 1 aliphatic heterocycles. The van der Waals surface area contributed by atoms with Crippen LogP contribution < -0.4 is 15.8 Å². The third-order valence-corrected chi connectivity index (χ3v) is 3.55. The van der Waals surface area contributed by atoms with Crippen LogP contribution in [0, 0.1) is 0 Å². The summed E-state index contributed by atoms with van der Waals surface area (Å²) in [6.45, 7) is 5.38. The van der Waals surface area contributed by atoms with Crippen LogP contribution in [-0.4, -0.2) is 25.0 Å². The molecule has 0 spiro atoms. The summed E-state index contributed by atoms with van der Waals surface area (Å²) < 4.78 is 0. The summed E-state index contributed by atoms with van der Waals surface area (Å²) in [6.07, 6.45) is 1.04. The van der Waals surface area contributed by atoms with Crippen LogP contribution >= 0.6 is 23.2 Å². The lowest BCUT2D eigenvalue weighted by atomic mass is 10.3. The van der Waals surface area contributed by atoms with Gasteiger partial charge < -0.3 is 4.90 Å². The number of halogens is 2. The van der Waals surface area contributed by atoms with Crippen molar-refractivity contribution in [3.63, 3.8) is 0 Å². The highest BCUT2D eigenvalue weighted by atomic mass is 35.5. The number of nitrogens with zero attached hydrogens (tertiary/aromatic N) is 3. The quantitative estimate of drug-likeness (QED) is 0.663. The summed E-state index contributed by atoms with van der Waals surface area (Å²) in [5.74, 6) is 1.44. The van der Waals surface area contributed by atoms with Crippen LogP contribution in [0.3, 0.4) is 0 Å². The van der Waals surface area contributed by atoms with Crippen molar-refractivity contribution < 1.29 is 0 Å². The second-order valence-electron chi connectivity index (χ2n) is 4.36. The normalized spacial score (nSPS) is 14.9. The molecule has 7 heteroatoms. The Labute approximate surface area is 128 Å². The molecule has 2 N–H and O–H groups in total. The van der Waals surface area contributed by atoms with Gasteiger partial charge in [-0.25, -0.2) is 10.4 Å². The maximum absolute atomic E-state index is 6.04. The van der Waals surface area contributed by atoms with Crippen LogP contribution in [0.2, 0.25) is 10.0 Å². The standard InChI is InChI=1S/C13H17Cl2N5/c1-3-6-17-19-13-16-8-20(9(2)18-13)10-4-5-11(14)12(15)7-10/h4-5,7,17H,3,6,8H2,1-2H3,(H,16,19). The molecule has 1 aliphatic rings. The largest absolute Gasteiger partial charge is 0.310 e. The second kappa shape index (κ2) is 6.92. The average Bonchev–Trinajstić information content (AvgIpc) is 2.43. The van der Waals surface area contributed by atoms with E-state index in [9.17, 15) is 0 Å². The number of benzene rings is 1. The fourth-order valence-electron chi connectivity index (χ4n) is 1.74. The van der Waals surface area contributed by atoms with Gasteiger partial charge in [0.15, 0.2) is 0 Å². The minimum atomic E-state index is 0.490. The van der Waals surface area contributed by atoms with Gasteiger partial charge in [-0.1, -0.05) is 30.1 Å². The van der Waals surface area contributed by atoms with E-state index in [-0.39, 0.29) is 0 Å². The number of nitrogens with one attached hydrogen (secondary N) is 2. The third kappa shape index (κ3) is 3.62. The average molecular weight is 314 g/mol. The van der Waals surface area contributed by atoms with Crippen molar-refractivity contribution in [3.05, 3.63) is 28.2 Å². The second-order valence-corrected chi connectivity index (χ2v) is 5.17. The van der Waals surface area contributed by atoms with Gasteiger partial charge in [-0.2, -0.15) is 4.99 Å². The van der Waals surface area contributed by atoms with Gasteiger partial charge in [0.25, 0.3) is 0 Å². The van der Waals surface area contributed by atoms with Crippen LogP contribution in [0.25, 0.3) is 0 Å². The molecular weight excluding hydrogens is 297 g/mol. The molecule has 1 heterocycles. The van der Waals surface area contributed by atoms with E-state index >= 15 is 0 Å². The Kier molecular flexibility index (Phi) is 5.23. The molecule has 0 radical (unpaired) electrons. The van der Waals surface area contributed by atoms with Crippen molar-refractivity contribution in [3.8, 4) is 0 Å². The lowest BCUT2D eigenvalue weighted by Crippen LogP contribution is -2.42. The van der Waals surface area contributed by atoms with Crippen molar-refractivity contribution >= 4 is 40.7 Å². The Morgan fingerprint density at radius 3 is 2.75 bits per heavy atom. The summed E-state index contributed by atoms with van der Waals surface area (Å²) in [5, 5.41) is 1.06. The predicted molar refractivity (Wildman–Crippen MR) is 85.8 cm³/mol. The molecule has 0 atom stereocenters. The van der Waals surface area contributed by atoms with Gasteiger partial charge in [0.1, 0.15) is 12.5 Å². The molecule has 20 heavy (non-hydrogen) atoms. The topological polar surface area (TPSA) is 52.0 Å². The van der Waals surface area contributed by atoms with Crippen molar-refractivity contribution in [2.75, 3.05) is 18.1 Å². The van der Waals surface area contributed by atoms with E-state index in [4.69, 9.17) is 23.2 Å². The zero-order valence-corrected chi connectivity index (χ0v) is 13.0. The number of anilines is 1. The summed E-state index contributed by atoms with van der Waals surface area (Å²) >= 11 is 12.0. The van der Waals surface area contributed by atoms with Crippen LogP contribution in [-0.2, 0) is 0 Å². The zero-order chi connectivity index (χ0) is 14.5. The van der Waals surface area contributed by atoms with Gasteiger partial charge in [-0.15, -0.1) is 0 Å². The minimum absolute atomic E-state index is 0.490. The Balaban J connectivity index is 2.06. The van der Waals surface area contributed by atoms with E-state index in [0.29, 0.717) is 22.7 Å². The van der Waals surface area contributed by atoms with Gasteiger partial charge >= 0.3 is 0 Å². The van der Waals surface area contributed by atoms with Crippen LogP contribution in [0.15, 0.2) is 28.2 Å². The summed E-state index contributed by atoms with van der Waals surface area (Å²) in [5.41, 5.74) is 6.96. The van der Waals surface area contributed by atoms with E-state index in [2.05, 4.69) is 27.8 Å². The monoisotopic (exact) mass is 313 g/mol. The van der Waals surface area contributed by atoms with Gasteiger partial charge in [-0.05, 0) is 31.5 Å². The van der Waals surface area contributed by atoms with Gasteiger partial charge in [0, 0.05) is 12.2 Å². The number of rotatable bonds is 4. The molecule has 1 aromatic carbocycles. The maximum Gasteiger partial charge on any atom is 0.236 e. The molecule has 0 bridgehead atoms. The summed E-state index contributed by atoms with van der Waals surface area (Å²) in [6, 6.07) is 5.48. The molecule has 0 amide bonds. The Morgan fingerprint density at radius 1 is 1.30 bits per heavy atom. The molecule has 0 aromatic heterocycles. The number of guanidine groups is 1. The maximum atomic E-state index is 6.04. The zero-order valence-electron chi connectivity index (χ0n) is 11.5. The van der Waals surface area contributed by atoms with E-state index in [0.717, 1.165) is 24.5 Å². The first-order valence-electron chi connectivity index (χ1n) is 6.43. The smallest absolute Gasteiger partial charge is 0.236 e. The Hall–Kier alpha value is -1.30. The molecule has 0 saturated carbocycles. The fourth-order valence-corrected chi connectivity index (χ4v) is 2.04. The molecule has 0 unspecified atom stereocenters. The lowest BCUT2D eigenvalue weighted by Gasteiger charge is -2.26. The van der Waals surface area contributed by atoms with Gasteiger partial charge in [-0.3, -0.25) is 5.43 Å². The predicted octanol–water partition coefficient (Wildman–Crippen LogP) is 3.05. The SMILES string of the molecule is CCCNNC1=NCN(c2ccc(Cl)c(Cl)c2)C(C)=N1. The number of amidine groups is 1. The minimum Gasteiger partial charge on any atom is -0.310 e. The van der Waals surface area contributed by atoms with Crippen molar-refractivity contribution in [1.82, 2.24) is 10.9 Å². The van der Waals surface area contributed by atoms with Crippen molar-refractivity contribution in [2.45, 2.75) is 20.3 Å². The van der Waals surface area contributed by atoms with Crippen LogP contribution in [0.4, 0.5) is 5.69 Å². The molecule has 1 aromatic rings. The van der Waals surface area contributed by atoms with Crippen LogP contribution in [0.1, 0.15) is 20.3 Å². The highest BCUT2D eigenvalue weighted by molar-refractivity contribution is 6.42. The third-order valence-electron chi connectivity index (χ3n) is 2.81. The molecule has 0 aliphatic carbocycles. The summed E-state index contributed by atoms with van der Waals surface area (Å²) in [4.78, 5) is 10.7. The van der Waals surface area contributed by atoms with Crippen molar-refractivity contribution in [2.24, 2.45) is 9.98 Å². The fraction of sp³-hybridized carbons (Fsp3) is 0.385. The molecule has 0 fully saturated rings. The summed E-state index contributed by atoms with van der Waals surface area (Å²) in [7, 11) is 0. The number of aliphatic imine (C=N–C) groups is 2. The molecule has 108 valence electrons. The molecule has 0 saturated heterocycles. The number of hydrogen-bond donors (Lipinski definition) is 2. The van der Waals surface area contributed by atoms with Gasteiger partial charge in [0.05, 0.1) is 10.0 Å². The first kappa shape index (κ1) is 15.1. The van der Waals surface area contributed by atoms with Gasteiger partial charge in [0.2, 0.25) is 5.96 Å². The van der Waals surface area contributed by atoms with E-state index in [1.807, 2.05) is 24.0 Å². The van der Waals surface area contributed by atoms with E-state index in [1.54, 1.807) is 6.07 Å². The highest BCUT2D eigenvalue weighted by Gasteiger charge is 2.15. The molecule has 5 nitrogen and oxygen atoms in total. The lowest BCUT2D eigenvalue weighted by molar-refractivity contribution is 0.634. The van der Waals surface area contributed by atoms with Crippen molar-refractivity contribution in [1.29, 1.82) is 0 Å². The van der Waals surface area contributed by atoms with Crippen LogP contribution in [0.5, 0.6) is 0 Å². The number of hydrogen-bond acceptors (Lipinski definition) is 5. The number of hydrazine groups is 1. The Bertz CT molecular complexity index is 542. The first-order chi connectivity index (χ1) is 9.61. The highest BCUT2D eigenvalue weighted by Crippen LogP contribution is 2.27. The first-order valence-corrected chi connectivity index (χ1v) is 7.18. The molecular formula is C13H17Cl2N5.